The second kappa shape index (κ2) is 8.91. The van der Waals surface area contributed by atoms with Crippen LogP contribution in [0.4, 0.5) is 0 Å². The predicted molar refractivity (Wildman–Crippen MR) is 112 cm³/mol. The molecular formula is C21H20N6O2S. The van der Waals surface area contributed by atoms with Gasteiger partial charge in [0.15, 0.2) is 10.9 Å². The number of rotatable bonds is 7. The van der Waals surface area contributed by atoms with Crippen molar-refractivity contribution in [1.82, 2.24) is 30.0 Å². The number of aromatic nitrogens is 5. The van der Waals surface area contributed by atoms with E-state index in [9.17, 15) is 4.79 Å². The molecule has 30 heavy (non-hydrogen) atoms. The number of oxazole rings is 1. The number of pyridine rings is 1. The van der Waals surface area contributed by atoms with E-state index < -0.39 is 0 Å². The van der Waals surface area contributed by atoms with Crippen molar-refractivity contribution in [2.24, 2.45) is 0 Å². The average molecular weight is 420 g/mol. The zero-order valence-corrected chi connectivity index (χ0v) is 17.4. The molecule has 0 aliphatic heterocycles. The summed E-state index contributed by atoms with van der Waals surface area (Å²) in [6.07, 6.45) is 3.05. The molecule has 0 aliphatic carbocycles. The number of carbonyl (C=O) groups excluding carboxylic acids is 1. The zero-order chi connectivity index (χ0) is 20.9. The fourth-order valence-electron chi connectivity index (χ4n) is 2.87. The number of hydrogen-bond acceptors (Lipinski definition) is 7. The Hall–Kier alpha value is -3.46. The quantitative estimate of drug-likeness (QED) is 0.457. The van der Waals surface area contributed by atoms with E-state index in [2.05, 4.69) is 31.5 Å². The number of aryl methyl sites for hydroxylation is 2. The summed E-state index contributed by atoms with van der Waals surface area (Å²) in [4.78, 5) is 20.7. The summed E-state index contributed by atoms with van der Waals surface area (Å²) < 4.78 is 7.45. The van der Waals surface area contributed by atoms with Crippen LogP contribution in [0.15, 0.2) is 64.5 Å². The van der Waals surface area contributed by atoms with Crippen molar-refractivity contribution in [2.45, 2.75) is 31.3 Å². The van der Waals surface area contributed by atoms with Gasteiger partial charge in [0.2, 0.25) is 5.89 Å². The molecule has 1 amide bonds. The minimum absolute atomic E-state index is 0.234. The summed E-state index contributed by atoms with van der Waals surface area (Å²) in [6.45, 7) is 4.28. The van der Waals surface area contributed by atoms with E-state index in [0.717, 1.165) is 27.9 Å². The van der Waals surface area contributed by atoms with Crippen LogP contribution < -0.4 is 5.32 Å². The largest absolute Gasteiger partial charge is 0.447 e. The molecule has 0 spiro atoms. The van der Waals surface area contributed by atoms with Crippen LogP contribution >= 0.6 is 11.8 Å². The second-order valence-electron chi connectivity index (χ2n) is 6.62. The lowest BCUT2D eigenvalue weighted by molar-refractivity contribution is 0.0945. The number of carbonyl (C=O) groups is 1. The lowest BCUT2D eigenvalue weighted by atomic mass is 10.2. The molecule has 0 unspecified atom stereocenters. The van der Waals surface area contributed by atoms with Crippen molar-refractivity contribution in [3.8, 4) is 5.69 Å². The van der Waals surface area contributed by atoms with E-state index >= 15 is 0 Å². The molecule has 0 bridgehead atoms. The van der Waals surface area contributed by atoms with Gasteiger partial charge in [0.05, 0.1) is 18.0 Å². The standard InChI is InChI=1S/C21H20N6O2S/c1-14-6-5-8-17(10-14)27-15(2)25-26-21(27)30-13-19-24-18(12-29-19)20(28)23-11-16-7-3-4-9-22-16/h3-10,12H,11,13H2,1-2H3,(H,23,28). The minimum Gasteiger partial charge on any atom is -0.447 e. The Morgan fingerprint density at radius 1 is 1.17 bits per heavy atom. The monoisotopic (exact) mass is 420 g/mol. The Bertz CT molecular complexity index is 1160. The van der Waals surface area contributed by atoms with Gasteiger partial charge in [0.1, 0.15) is 12.1 Å². The summed E-state index contributed by atoms with van der Waals surface area (Å²) >= 11 is 1.45. The molecule has 3 aromatic heterocycles. The zero-order valence-electron chi connectivity index (χ0n) is 16.6. The lowest BCUT2D eigenvalue weighted by Crippen LogP contribution is -2.23. The molecule has 0 radical (unpaired) electrons. The molecule has 0 fully saturated rings. The van der Waals surface area contributed by atoms with E-state index in [1.54, 1.807) is 6.20 Å². The van der Waals surface area contributed by atoms with E-state index in [0.29, 0.717) is 18.2 Å². The molecule has 0 atom stereocenters. The number of nitrogens with one attached hydrogen (secondary N) is 1. The number of thioether (sulfide) groups is 1. The highest BCUT2D eigenvalue weighted by Crippen LogP contribution is 2.25. The smallest absolute Gasteiger partial charge is 0.273 e. The number of hydrogen-bond donors (Lipinski definition) is 1. The molecule has 9 heteroatoms. The molecule has 4 aromatic rings. The highest BCUT2D eigenvalue weighted by molar-refractivity contribution is 7.98. The van der Waals surface area contributed by atoms with Crippen molar-refractivity contribution < 1.29 is 9.21 Å². The Balaban J connectivity index is 1.40. The lowest BCUT2D eigenvalue weighted by Gasteiger charge is -2.08. The van der Waals surface area contributed by atoms with Crippen LogP contribution in [-0.4, -0.2) is 30.6 Å². The van der Waals surface area contributed by atoms with Gasteiger partial charge in [-0.05, 0) is 43.7 Å². The first-order chi connectivity index (χ1) is 14.6. The molecule has 1 aromatic carbocycles. The second-order valence-corrected chi connectivity index (χ2v) is 7.57. The van der Waals surface area contributed by atoms with E-state index in [-0.39, 0.29) is 11.6 Å². The molecule has 4 rings (SSSR count). The summed E-state index contributed by atoms with van der Waals surface area (Å²) in [7, 11) is 0. The minimum atomic E-state index is -0.306. The Kier molecular flexibility index (Phi) is 5.89. The molecule has 0 aliphatic rings. The molecule has 3 heterocycles. The number of benzene rings is 1. The third-order valence-corrected chi connectivity index (χ3v) is 5.23. The van der Waals surface area contributed by atoms with Gasteiger partial charge in [0.25, 0.3) is 5.91 Å². The van der Waals surface area contributed by atoms with Crippen molar-refractivity contribution in [3.05, 3.63) is 83.6 Å². The first kappa shape index (κ1) is 19.8. The van der Waals surface area contributed by atoms with Crippen LogP contribution in [-0.2, 0) is 12.3 Å². The van der Waals surface area contributed by atoms with E-state index in [1.165, 1.54) is 18.0 Å². The van der Waals surface area contributed by atoms with Gasteiger partial charge in [-0.3, -0.25) is 14.3 Å². The number of nitrogens with zero attached hydrogens (tertiary/aromatic N) is 5. The van der Waals surface area contributed by atoms with E-state index in [4.69, 9.17) is 4.42 Å². The third-order valence-electron chi connectivity index (χ3n) is 4.32. The molecule has 152 valence electrons. The van der Waals surface area contributed by atoms with Gasteiger partial charge < -0.3 is 9.73 Å². The fourth-order valence-corrected chi connectivity index (χ4v) is 3.72. The van der Waals surface area contributed by atoms with Crippen LogP contribution in [0, 0.1) is 13.8 Å². The van der Waals surface area contributed by atoms with Crippen LogP contribution in [0.3, 0.4) is 0 Å². The Morgan fingerprint density at radius 2 is 2.07 bits per heavy atom. The summed E-state index contributed by atoms with van der Waals surface area (Å²) in [5.74, 6) is 1.36. The SMILES string of the molecule is Cc1cccc(-n2c(C)nnc2SCc2nc(C(=O)NCc3ccccn3)co2)c1. The van der Waals surface area contributed by atoms with Crippen molar-refractivity contribution in [3.63, 3.8) is 0 Å². The van der Waals surface area contributed by atoms with Crippen LogP contribution in [0.1, 0.15) is 33.5 Å². The molecular weight excluding hydrogens is 400 g/mol. The van der Waals surface area contributed by atoms with Crippen LogP contribution in [0.5, 0.6) is 0 Å². The summed E-state index contributed by atoms with van der Waals surface area (Å²) in [5, 5.41) is 12.0. The maximum Gasteiger partial charge on any atom is 0.273 e. The first-order valence-corrected chi connectivity index (χ1v) is 10.3. The molecule has 1 N–H and O–H groups in total. The van der Waals surface area contributed by atoms with Crippen LogP contribution in [0.25, 0.3) is 5.69 Å². The first-order valence-electron chi connectivity index (χ1n) is 9.34. The van der Waals surface area contributed by atoms with Crippen molar-refractivity contribution in [1.29, 1.82) is 0 Å². The Labute approximate surface area is 177 Å². The molecule has 0 saturated carbocycles. The molecule has 8 nitrogen and oxygen atoms in total. The number of amides is 1. The predicted octanol–water partition coefficient (Wildman–Crippen LogP) is 3.49. The van der Waals surface area contributed by atoms with Gasteiger partial charge in [-0.15, -0.1) is 10.2 Å². The average Bonchev–Trinajstić information content (AvgIpc) is 3.38. The maximum atomic E-state index is 12.3. The Morgan fingerprint density at radius 3 is 2.87 bits per heavy atom. The van der Waals surface area contributed by atoms with Gasteiger partial charge in [-0.25, -0.2) is 4.98 Å². The maximum absolute atomic E-state index is 12.3. The normalized spacial score (nSPS) is 10.9. The van der Waals surface area contributed by atoms with Crippen molar-refractivity contribution >= 4 is 17.7 Å². The highest BCUT2D eigenvalue weighted by atomic mass is 32.2. The van der Waals surface area contributed by atoms with Gasteiger partial charge in [-0.1, -0.05) is 30.0 Å². The summed E-state index contributed by atoms with van der Waals surface area (Å²) in [5.41, 5.74) is 3.17. The molecule has 0 saturated heterocycles. The van der Waals surface area contributed by atoms with Gasteiger partial charge in [-0.2, -0.15) is 0 Å². The topological polar surface area (TPSA) is 98.7 Å². The third kappa shape index (κ3) is 4.57. The van der Waals surface area contributed by atoms with Gasteiger partial charge in [0, 0.05) is 11.9 Å². The summed E-state index contributed by atoms with van der Waals surface area (Å²) in [6, 6.07) is 13.7. The fraction of sp³-hybridized carbons (Fsp3) is 0.190. The van der Waals surface area contributed by atoms with E-state index in [1.807, 2.05) is 54.8 Å². The van der Waals surface area contributed by atoms with Crippen LogP contribution in [0.2, 0.25) is 0 Å². The van der Waals surface area contributed by atoms with Gasteiger partial charge >= 0.3 is 0 Å². The highest BCUT2D eigenvalue weighted by Gasteiger charge is 2.16. The van der Waals surface area contributed by atoms with Crippen molar-refractivity contribution in [2.75, 3.05) is 0 Å².